The molecule has 4 nitrogen and oxygen atoms in total. The van der Waals surface area contributed by atoms with Crippen molar-refractivity contribution in [2.24, 2.45) is 10.7 Å². The summed E-state index contributed by atoms with van der Waals surface area (Å²) in [6.45, 7) is 2.07. The van der Waals surface area contributed by atoms with E-state index in [9.17, 15) is 5.11 Å². The Hall–Kier alpha value is -0.940. The van der Waals surface area contributed by atoms with Crippen molar-refractivity contribution in [3.8, 4) is 0 Å². The lowest BCUT2D eigenvalue weighted by Crippen LogP contribution is -2.34. The normalized spacial score (nSPS) is 29.4. The van der Waals surface area contributed by atoms with Gasteiger partial charge in [-0.05, 0) is 6.08 Å². The number of nitrogens with two attached hydrogens (primary N) is 1. The van der Waals surface area contributed by atoms with Crippen LogP contribution in [-0.2, 0) is 0 Å². The number of hydrogen-bond donors (Lipinski definition) is 2. The quantitative estimate of drug-likeness (QED) is 0.667. The summed E-state index contributed by atoms with van der Waals surface area (Å²) >= 11 is 1.96. The smallest absolute Gasteiger partial charge is 0.137 e. The van der Waals surface area contributed by atoms with Crippen LogP contribution >= 0.6 is 11.8 Å². The lowest BCUT2D eigenvalue weighted by Gasteiger charge is -2.26. The van der Waals surface area contributed by atoms with Gasteiger partial charge in [0.25, 0.3) is 0 Å². The summed E-state index contributed by atoms with van der Waals surface area (Å²) in [5.41, 5.74) is 6.39. The van der Waals surface area contributed by atoms with Gasteiger partial charge in [0.2, 0.25) is 0 Å². The molecule has 0 radical (unpaired) electrons. The molecule has 1 atom stereocenters. The average molecular weight is 225 g/mol. The number of hydrogen-bond acceptors (Lipinski definition) is 5. The van der Waals surface area contributed by atoms with Gasteiger partial charge >= 0.3 is 0 Å². The van der Waals surface area contributed by atoms with Crippen LogP contribution in [0.1, 0.15) is 0 Å². The molecule has 1 saturated heterocycles. The number of thioether (sulfide) groups is 1. The molecule has 2 aliphatic rings. The van der Waals surface area contributed by atoms with Gasteiger partial charge in [-0.15, -0.1) is 0 Å². The number of aliphatic hydroxyl groups excluding tert-OH is 1. The maximum absolute atomic E-state index is 9.76. The van der Waals surface area contributed by atoms with Crippen LogP contribution < -0.4 is 5.73 Å². The van der Waals surface area contributed by atoms with Gasteiger partial charge in [0.05, 0.1) is 0 Å². The fourth-order valence-electron chi connectivity index (χ4n) is 1.57. The highest BCUT2D eigenvalue weighted by atomic mass is 32.2. The van der Waals surface area contributed by atoms with Crippen LogP contribution in [0.3, 0.4) is 0 Å². The third-order valence-electron chi connectivity index (χ3n) is 2.46. The monoisotopic (exact) mass is 225 g/mol. The predicted molar refractivity (Wildman–Crippen MR) is 63.8 cm³/mol. The van der Waals surface area contributed by atoms with E-state index in [4.69, 9.17) is 5.73 Å². The summed E-state index contributed by atoms with van der Waals surface area (Å²) in [6.07, 6.45) is 4.68. The molecule has 1 fully saturated rings. The van der Waals surface area contributed by atoms with E-state index in [1.54, 1.807) is 6.20 Å². The number of nitrogens with zero attached hydrogens (tertiary/aromatic N) is 2. The second-order valence-electron chi connectivity index (χ2n) is 3.55. The second-order valence-corrected chi connectivity index (χ2v) is 4.77. The lowest BCUT2D eigenvalue weighted by molar-refractivity contribution is 0.273. The lowest BCUT2D eigenvalue weighted by atomic mass is 10.1. The van der Waals surface area contributed by atoms with E-state index in [1.807, 2.05) is 24.0 Å². The molecule has 0 aromatic rings. The highest BCUT2D eigenvalue weighted by Crippen LogP contribution is 2.15. The molecule has 0 aromatic heterocycles. The first kappa shape index (κ1) is 10.6. The van der Waals surface area contributed by atoms with Crippen LogP contribution in [0.4, 0.5) is 0 Å². The third kappa shape index (κ3) is 2.54. The minimum absolute atomic E-state index is 0.273. The molecule has 3 N–H and O–H groups in total. The fraction of sp³-hybridized carbons (Fsp3) is 0.500. The Bertz CT molecular complexity index is 319. The molecule has 0 bridgehead atoms. The van der Waals surface area contributed by atoms with Gasteiger partial charge in [-0.1, -0.05) is 0 Å². The zero-order valence-corrected chi connectivity index (χ0v) is 9.28. The van der Waals surface area contributed by atoms with E-state index in [0.717, 1.165) is 30.2 Å². The number of aliphatic hydroxyl groups is 1. The van der Waals surface area contributed by atoms with Crippen LogP contribution in [0.5, 0.6) is 0 Å². The van der Waals surface area contributed by atoms with Crippen LogP contribution in [-0.4, -0.2) is 46.5 Å². The molecular formula is C10H15N3OS. The molecule has 2 heterocycles. The van der Waals surface area contributed by atoms with E-state index in [2.05, 4.69) is 9.89 Å². The van der Waals surface area contributed by atoms with Crippen molar-refractivity contribution >= 4 is 17.6 Å². The summed E-state index contributed by atoms with van der Waals surface area (Å²) in [5.74, 6) is 2.57. The van der Waals surface area contributed by atoms with Gasteiger partial charge in [-0.25, -0.2) is 4.99 Å². The first-order valence-electron chi connectivity index (χ1n) is 4.98. The van der Waals surface area contributed by atoms with Crippen molar-refractivity contribution in [1.29, 1.82) is 0 Å². The van der Waals surface area contributed by atoms with E-state index >= 15 is 0 Å². The first-order valence-corrected chi connectivity index (χ1v) is 6.14. The maximum Gasteiger partial charge on any atom is 0.137 e. The molecular weight excluding hydrogens is 210 g/mol. The number of amidine groups is 1. The highest BCUT2D eigenvalue weighted by Gasteiger charge is 2.17. The predicted octanol–water partition coefficient (Wildman–Crippen LogP) is 0.164. The Morgan fingerprint density at radius 1 is 1.53 bits per heavy atom. The number of rotatable bonds is 1. The second kappa shape index (κ2) is 4.72. The Balaban J connectivity index is 2.06. The van der Waals surface area contributed by atoms with Crippen LogP contribution in [0, 0.1) is 0 Å². The summed E-state index contributed by atoms with van der Waals surface area (Å²) in [4.78, 5) is 6.07. The van der Waals surface area contributed by atoms with Gasteiger partial charge in [-0.3, -0.25) is 0 Å². The Morgan fingerprint density at radius 3 is 3.00 bits per heavy atom. The van der Waals surface area contributed by atoms with Crippen LogP contribution in [0.25, 0.3) is 0 Å². The summed E-state index contributed by atoms with van der Waals surface area (Å²) in [7, 11) is 0. The van der Waals surface area contributed by atoms with Crippen molar-refractivity contribution in [2.45, 2.75) is 6.10 Å². The minimum atomic E-state index is -0.746. The summed E-state index contributed by atoms with van der Waals surface area (Å²) in [5, 5.41) is 9.76. The van der Waals surface area contributed by atoms with Crippen LogP contribution in [0.15, 0.2) is 29.0 Å². The standard InChI is InChI=1S/C10H15N3OS/c11-10-9(14)8(1-2-12-10)7-13-3-5-15-6-4-13/h1-2,7,9,14H,3-6H2,(H2,11,12). The van der Waals surface area contributed by atoms with Crippen molar-refractivity contribution < 1.29 is 5.11 Å². The van der Waals surface area contributed by atoms with E-state index in [0.29, 0.717) is 0 Å². The van der Waals surface area contributed by atoms with Gasteiger partial charge in [0.15, 0.2) is 0 Å². The fourth-order valence-corrected chi connectivity index (χ4v) is 2.50. The third-order valence-corrected chi connectivity index (χ3v) is 3.41. The van der Waals surface area contributed by atoms with E-state index < -0.39 is 6.10 Å². The zero-order valence-electron chi connectivity index (χ0n) is 8.47. The van der Waals surface area contributed by atoms with Gasteiger partial charge in [0, 0.05) is 42.6 Å². The molecule has 0 spiro atoms. The molecule has 82 valence electrons. The first-order chi connectivity index (χ1) is 7.27. The Labute approximate surface area is 93.5 Å². The zero-order chi connectivity index (χ0) is 10.7. The minimum Gasteiger partial charge on any atom is -0.385 e. The molecule has 1 unspecified atom stereocenters. The Morgan fingerprint density at radius 2 is 2.27 bits per heavy atom. The number of aliphatic imine (C=N–C) groups is 1. The topological polar surface area (TPSA) is 61.8 Å². The maximum atomic E-state index is 9.76. The molecule has 5 heteroatoms. The van der Waals surface area contributed by atoms with Crippen molar-refractivity contribution in [2.75, 3.05) is 24.6 Å². The molecule has 15 heavy (non-hydrogen) atoms. The molecule has 0 saturated carbocycles. The Kier molecular flexibility index (Phi) is 3.33. The molecule has 2 rings (SSSR count). The molecule has 2 aliphatic heterocycles. The van der Waals surface area contributed by atoms with Gasteiger partial charge < -0.3 is 15.7 Å². The van der Waals surface area contributed by atoms with Crippen molar-refractivity contribution in [3.63, 3.8) is 0 Å². The van der Waals surface area contributed by atoms with Gasteiger partial charge in [0.1, 0.15) is 11.9 Å². The van der Waals surface area contributed by atoms with Gasteiger partial charge in [-0.2, -0.15) is 11.8 Å². The summed E-state index contributed by atoms with van der Waals surface area (Å²) < 4.78 is 0. The highest BCUT2D eigenvalue weighted by molar-refractivity contribution is 7.99. The van der Waals surface area contributed by atoms with Crippen molar-refractivity contribution in [1.82, 2.24) is 4.90 Å². The average Bonchev–Trinajstić information content (AvgIpc) is 2.26. The van der Waals surface area contributed by atoms with E-state index in [1.165, 1.54) is 0 Å². The van der Waals surface area contributed by atoms with Crippen molar-refractivity contribution in [3.05, 3.63) is 24.0 Å². The molecule has 0 amide bonds. The SMILES string of the molecule is NC1=NC=CC(=CN2CCSCC2)C1O. The molecule has 0 aromatic carbocycles. The summed E-state index contributed by atoms with van der Waals surface area (Å²) in [6, 6.07) is 0. The van der Waals surface area contributed by atoms with E-state index in [-0.39, 0.29) is 5.84 Å². The largest absolute Gasteiger partial charge is 0.385 e. The molecule has 0 aliphatic carbocycles. The van der Waals surface area contributed by atoms with Crippen LogP contribution in [0.2, 0.25) is 0 Å².